The number of hydrogen-bond acceptors (Lipinski definition) is 2. The van der Waals surface area contributed by atoms with E-state index in [4.69, 9.17) is 6.85 Å². The van der Waals surface area contributed by atoms with Crippen LogP contribution in [0, 0.1) is 0 Å². The van der Waals surface area contributed by atoms with Crippen LogP contribution in [-0.2, 0) is 0 Å². The van der Waals surface area contributed by atoms with Crippen LogP contribution in [-0.4, -0.2) is 19.3 Å². The highest BCUT2D eigenvalue weighted by molar-refractivity contribution is 6.18. The average molecular weight is 642 g/mol. The summed E-state index contributed by atoms with van der Waals surface area (Å²) in [6, 6.07) is 42.6. The van der Waals surface area contributed by atoms with Crippen LogP contribution in [0.3, 0.4) is 0 Å². The largest absolute Gasteiger partial charge is 0.309 e. The molecule has 0 atom stereocenters. The molecule has 0 N–H and O–H groups in total. The summed E-state index contributed by atoms with van der Waals surface area (Å²) in [6.07, 6.45) is 3.64. The maximum Gasteiger partial charge on any atom is 0.0645 e. The van der Waals surface area contributed by atoms with Crippen molar-refractivity contribution in [1.82, 2.24) is 19.3 Å². The third-order valence-electron chi connectivity index (χ3n) is 10.1. The summed E-state index contributed by atoms with van der Waals surface area (Å²) in [4.78, 5) is 0. The van der Waals surface area contributed by atoms with E-state index in [1.807, 2.05) is 42.7 Å². The van der Waals surface area contributed by atoms with Gasteiger partial charge < -0.3 is 9.13 Å². The number of nitrogens with zero attached hydrogens (tertiary/aromatic N) is 4. The van der Waals surface area contributed by atoms with Gasteiger partial charge in [0.1, 0.15) is 0 Å². The Morgan fingerprint density at radius 1 is 0.420 bits per heavy atom. The second-order valence-corrected chi connectivity index (χ2v) is 12.8. The van der Waals surface area contributed by atoms with E-state index in [-0.39, 0.29) is 29.9 Å². The lowest BCUT2D eigenvalue weighted by Gasteiger charge is -2.15. The van der Waals surface area contributed by atoms with Crippen molar-refractivity contribution in [1.29, 1.82) is 0 Å². The van der Waals surface area contributed by atoms with Crippen molar-refractivity contribution in [3.05, 3.63) is 170 Å². The lowest BCUT2D eigenvalue weighted by Crippen LogP contribution is -1.98. The van der Waals surface area contributed by atoms with E-state index in [1.54, 1.807) is 4.57 Å². The predicted molar refractivity (Wildman–Crippen MR) is 209 cm³/mol. The zero-order chi connectivity index (χ0) is 37.1. The molecule has 4 nitrogen and oxygen atoms in total. The van der Waals surface area contributed by atoms with E-state index in [1.165, 1.54) is 21.5 Å². The molecular weight excluding hydrogens is 609 g/mol. The molecule has 3 heterocycles. The summed E-state index contributed by atoms with van der Waals surface area (Å²) < 4.78 is 47.0. The Hall–Kier alpha value is -6.78. The number of benzene rings is 8. The lowest BCUT2D eigenvalue weighted by molar-refractivity contribution is 1.05. The van der Waals surface area contributed by atoms with Gasteiger partial charge in [-0.2, -0.15) is 10.2 Å². The molecule has 0 saturated heterocycles. The minimum atomic E-state index is -0.419. The highest BCUT2D eigenvalue weighted by Crippen LogP contribution is 2.41. The summed E-state index contributed by atoms with van der Waals surface area (Å²) >= 11 is 0. The fraction of sp³-hybridized carbons (Fsp3) is 0. The van der Waals surface area contributed by atoms with Gasteiger partial charge in [-0.05, 0) is 87.2 Å². The standard InChI is InChI=1S/C46H28N4/c1-2-14-34(15-3-1)49-42-17-9-8-16-36(42)37-19-18-33(26-44(37)49)35-20-21-43(41-28-48-47-27-40(35)41)50-45-24-31-12-6-4-10-29(31)22-38(45)39-23-30-11-5-7-13-32(30)25-46(39)50/h1-28H/i1D,2D,3D,14D,15D. The second-order valence-electron chi connectivity index (χ2n) is 12.8. The summed E-state index contributed by atoms with van der Waals surface area (Å²) in [5.74, 6) is 0. The van der Waals surface area contributed by atoms with Gasteiger partial charge in [0.05, 0.1) is 47.0 Å². The fourth-order valence-corrected chi connectivity index (χ4v) is 7.91. The lowest BCUT2D eigenvalue weighted by atomic mass is 9.97. The normalized spacial score (nSPS) is 13.4. The van der Waals surface area contributed by atoms with Gasteiger partial charge in [-0.15, -0.1) is 0 Å². The average Bonchev–Trinajstić information content (AvgIpc) is 3.71. The van der Waals surface area contributed by atoms with Gasteiger partial charge in [-0.3, -0.25) is 0 Å². The number of aromatic nitrogens is 4. The SMILES string of the molecule is [2H]c1c([2H])c([2H])c(-n2c3ccccc3c3ccc(-c4ccc(-n5c6cc7ccccc7cc6c6cc7ccccc7cc65)c5cnncc45)cc32)c([2H])c1[2H]. The van der Waals surface area contributed by atoms with E-state index in [2.05, 4.69) is 112 Å². The molecule has 0 fully saturated rings. The topological polar surface area (TPSA) is 35.6 Å². The molecule has 4 heteroatoms. The Balaban J connectivity index is 1.19. The predicted octanol–water partition coefficient (Wildman–Crippen LogP) is 11.8. The van der Waals surface area contributed by atoms with Gasteiger partial charge in [0.2, 0.25) is 0 Å². The van der Waals surface area contributed by atoms with Crippen molar-refractivity contribution < 1.29 is 6.85 Å². The van der Waals surface area contributed by atoms with Crippen LogP contribution in [0.5, 0.6) is 0 Å². The molecule has 0 bridgehead atoms. The molecule has 0 saturated carbocycles. The number of hydrogen-bond donors (Lipinski definition) is 0. The first-order valence-corrected chi connectivity index (χ1v) is 16.6. The molecular formula is C46H28N4. The molecule has 0 unspecified atom stereocenters. The molecule has 0 aliphatic rings. The molecule has 3 aromatic heterocycles. The Morgan fingerprint density at radius 2 is 1.00 bits per heavy atom. The first kappa shape index (κ1) is 22.7. The molecule has 50 heavy (non-hydrogen) atoms. The van der Waals surface area contributed by atoms with Crippen LogP contribution >= 0.6 is 0 Å². The minimum absolute atomic E-state index is 0.117. The molecule has 11 rings (SSSR count). The summed E-state index contributed by atoms with van der Waals surface area (Å²) in [5.41, 5.74) is 6.61. The van der Waals surface area contributed by atoms with E-state index in [0.717, 1.165) is 71.2 Å². The zero-order valence-electron chi connectivity index (χ0n) is 31.6. The number of rotatable bonds is 3. The maximum absolute atomic E-state index is 8.87. The van der Waals surface area contributed by atoms with Crippen LogP contribution in [0.1, 0.15) is 6.85 Å². The summed E-state index contributed by atoms with van der Waals surface area (Å²) in [6.45, 7) is 0. The van der Waals surface area contributed by atoms with Crippen LogP contribution < -0.4 is 0 Å². The van der Waals surface area contributed by atoms with E-state index in [0.29, 0.717) is 0 Å². The Bertz CT molecular complexity index is 3330. The van der Waals surface area contributed by atoms with Gasteiger partial charge in [0.15, 0.2) is 0 Å². The first-order chi connectivity index (χ1) is 26.9. The molecule has 11 aromatic rings. The van der Waals surface area contributed by atoms with E-state index >= 15 is 0 Å². The molecule has 0 aliphatic heterocycles. The van der Waals surface area contributed by atoms with Crippen molar-refractivity contribution in [2.45, 2.75) is 0 Å². The van der Waals surface area contributed by atoms with Crippen LogP contribution in [0.25, 0.3) is 98.4 Å². The summed E-state index contributed by atoms with van der Waals surface area (Å²) in [5, 5.41) is 19.5. The Morgan fingerprint density at radius 3 is 1.70 bits per heavy atom. The van der Waals surface area contributed by atoms with Crippen LogP contribution in [0.4, 0.5) is 0 Å². The van der Waals surface area contributed by atoms with Crippen molar-refractivity contribution in [2.24, 2.45) is 0 Å². The van der Waals surface area contributed by atoms with Crippen molar-refractivity contribution in [2.75, 3.05) is 0 Å². The smallest absolute Gasteiger partial charge is 0.0645 e. The molecule has 0 radical (unpaired) electrons. The van der Waals surface area contributed by atoms with Crippen molar-refractivity contribution >= 4 is 75.9 Å². The summed E-state index contributed by atoms with van der Waals surface area (Å²) in [7, 11) is 0. The highest BCUT2D eigenvalue weighted by Gasteiger charge is 2.19. The monoisotopic (exact) mass is 641 g/mol. The van der Waals surface area contributed by atoms with E-state index < -0.39 is 6.04 Å². The van der Waals surface area contributed by atoms with Gasteiger partial charge >= 0.3 is 0 Å². The second kappa shape index (κ2) is 10.4. The highest BCUT2D eigenvalue weighted by atomic mass is 15.1. The third-order valence-corrected chi connectivity index (χ3v) is 10.1. The van der Waals surface area contributed by atoms with Gasteiger partial charge in [0.25, 0.3) is 0 Å². The molecule has 232 valence electrons. The number of fused-ring (bicyclic) bond motifs is 9. The van der Waals surface area contributed by atoms with Crippen molar-refractivity contribution in [3.8, 4) is 22.5 Å². The molecule has 0 spiro atoms. The quantitative estimate of drug-likeness (QED) is 0.192. The molecule has 0 aliphatic carbocycles. The van der Waals surface area contributed by atoms with Gasteiger partial charge in [-0.1, -0.05) is 103 Å². The Labute approximate surface area is 294 Å². The van der Waals surface area contributed by atoms with Crippen LogP contribution in [0.2, 0.25) is 0 Å². The van der Waals surface area contributed by atoms with Gasteiger partial charge in [0, 0.05) is 38.0 Å². The van der Waals surface area contributed by atoms with Crippen molar-refractivity contribution in [3.63, 3.8) is 0 Å². The maximum atomic E-state index is 8.87. The number of para-hydroxylation sites is 2. The zero-order valence-corrected chi connectivity index (χ0v) is 26.6. The molecule has 8 aromatic carbocycles. The minimum Gasteiger partial charge on any atom is -0.309 e. The molecule has 0 amide bonds. The Kier molecular flexibility index (Phi) is 4.71. The van der Waals surface area contributed by atoms with E-state index in [9.17, 15) is 0 Å². The fourth-order valence-electron chi connectivity index (χ4n) is 7.91. The third kappa shape index (κ3) is 3.87. The van der Waals surface area contributed by atoms with Crippen LogP contribution in [0.15, 0.2) is 170 Å². The van der Waals surface area contributed by atoms with Gasteiger partial charge in [-0.25, -0.2) is 0 Å². The first-order valence-electron chi connectivity index (χ1n) is 19.1.